The van der Waals surface area contributed by atoms with Crippen LogP contribution in [0.2, 0.25) is 0 Å². The summed E-state index contributed by atoms with van der Waals surface area (Å²) in [7, 11) is -10.5. The topological polar surface area (TPSA) is 399 Å². The van der Waals surface area contributed by atoms with Crippen LogP contribution in [0.3, 0.4) is 0 Å². The summed E-state index contributed by atoms with van der Waals surface area (Å²) < 4.78 is 67.8. The molecule has 4 aromatic heterocycles. The highest BCUT2D eigenvalue weighted by atomic mass is 31.2. The molecule has 0 spiro atoms. The van der Waals surface area contributed by atoms with Crippen molar-refractivity contribution >= 4 is 32.8 Å². The Labute approximate surface area is 333 Å². The molecule has 10 N–H and O–H groups in total. The average molecular weight is 892 g/mol. The van der Waals surface area contributed by atoms with Crippen molar-refractivity contribution in [1.82, 2.24) is 38.6 Å². The molecule has 3 fully saturated rings. The first-order chi connectivity index (χ1) is 28.2. The Balaban J connectivity index is 1.07. The van der Waals surface area contributed by atoms with E-state index in [1.54, 1.807) is 0 Å². The lowest BCUT2D eigenvalue weighted by atomic mass is 10.1. The van der Waals surface area contributed by atoms with Crippen molar-refractivity contribution in [2.75, 3.05) is 25.6 Å². The molecule has 4 aromatic rings. The number of nitrogens with zero attached hydrogens (tertiary/aromatic N) is 5. The van der Waals surface area contributed by atoms with Gasteiger partial charge in [-0.1, -0.05) is 0 Å². The van der Waals surface area contributed by atoms with Crippen LogP contribution >= 0.6 is 15.6 Å². The van der Waals surface area contributed by atoms with Crippen molar-refractivity contribution in [3.05, 3.63) is 81.9 Å². The van der Waals surface area contributed by atoms with Crippen LogP contribution in [0.25, 0.3) is 11.2 Å². The van der Waals surface area contributed by atoms with Crippen molar-refractivity contribution in [2.45, 2.75) is 88.1 Å². The number of ether oxygens (including phenoxy) is 3. The van der Waals surface area contributed by atoms with Crippen LogP contribution in [-0.4, -0.2) is 126 Å². The number of aromatic nitrogens is 8. The normalized spacial score (nSPS) is 30.2. The molecule has 328 valence electrons. The van der Waals surface area contributed by atoms with Gasteiger partial charge in [0.05, 0.1) is 32.3 Å². The molecule has 0 amide bonds. The van der Waals surface area contributed by atoms with Crippen LogP contribution in [0.4, 0.5) is 5.95 Å². The molecular formula is C30H39N9O19P2. The first kappa shape index (κ1) is 43.6. The molecule has 28 nitrogen and oxygen atoms in total. The maximum Gasteiger partial charge on any atom is 0.472 e. The molecule has 30 heteroatoms. The molecule has 2 unspecified atom stereocenters. The number of nitrogens with two attached hydrogens (primary N) is 1. The summed E-state index contributed by atoms with van der Waals surface area (Å²) in [5, 5.41) is 32.0. The SMILES string of the molecule is Cc1cn([C@H]2C[C@H](OP(=O)(O)OC[C@H]3O[C@@H](n4cnc5c(=O)[nH]c(N)nc54)[C@H](O)[C@@H]3OP(=O)(O)OC[C@H]3O[C@@H](n4cc(C)c(=O)[nH]c4=O)C[C@@H]3O)[C@@H](CO)O2)c(=O)[nH]c1=O. The minimum absolute atomic E-state index is 0.148. The third-order valence-corrected chi connectivity index (χ3v) is 11.8. The lowest BCUT2D eigenvalue weighted by molar-refractivity contribution is -0.0616. The average Bonchev–Trinajstić information content (AvgIpc) is 3.94. The second-order valence-corrected chi connectivity index (χ2v) is 16.8. The zero-order valence-electron chi connectivity index (χ0n) is 31.2. The third-order valence-electron chi connectivity index (χ3n) is 9.84. The summed E-state index contributed by atoms with van der Waals surface area (Å²) >= 11 is 0. The van der Waals surface area contributed by atoms with Gasteiger partial charge in [-0.2, -0.15) is 4.98 Å². The van der Waals surface area contributed by atoms with Gasteiger partial charge in [0.25, 0.3) is 16.7 Å². The number of anilines is 1. The first-order valence-electron chi connectivity index (χ1n) is 17.9. The summed E-state index contributed by atoms with van der Waals surface area (Å²) in [5.41, 5.74) is 1.82. The first-order valence-corrected chi connectivity index (χ1v) is 20.8. The molecule has 60 heavy (non-hydrogen) atoms. The number of nitrogens with one attached hydrogen (secondary N) is 3. The fourth-order valence-corrected chi connectivity index (χ4v) is 8.77. The highest BCUT2D eigenvalue weighted by Gasteiger charge is 2.51. The molecule has 0 aliphatic carbocycles. The number of fused-ring (bicyclic) bond motifs is 1. The Bertz CT molecular complexity index is 2660. The Kier molecular flexibility index (Phi) is 12.2. The summed E-state index contributed by atoms with van der Waals surface area (Å²) in [6, 6.07) is 0. The largest absolute Gasteiger partial charge is 0.472 e. The number of hydrogen-bond donors (Lipinski definition) is 9. The monoisotopic (exact) mass is 891 g/mol. The highest BCUT2D eigenvalue weighted by molar-refractivity contribution is 7.47. The van der Waals surface area contributed by atoms with E-state index in [0.717, 1.165) is 20.0 Å². The van der Waals surface area contributed by atoms with Gasteiger partial charge in [-0.3, -0.25) is 61.1 Å². The molecule has 0 bridgehead atoms. The van der Waals surface area contributed by atoms with E-state index in [0.29, 0.717) is 0 Å². The van der Waals surface area contributed by atoms with Gasteiger partial charge in [0, 0.05) is 36.4 Å². The molecule has 12 atom stereocenters. The van der Waals surface area contributed by atoms with Crippen molar-refractivity contribution in [3.8, 4) is 0 Å². The smallest absolute Gasteiger partial charge is 0.394 e. The van der Waals surface area contributed by atoms with Crippen molar-refractivity contribution < 1.29 is 66.5 Å². The molecule has 0 aromatic carbocycles. The number of imidazole rings is 1. The Hall–Kier alpha value is -4.51. The molecule has 7 heterocycles. The van der Waals surface area contributed by atoms with E-state index in [1.165, 1.54) is 26.2 Å². The summed E-state index contributed by atoms with van der Waals surface area (Å²) in [5.74, 6) is -0.347. The van der Waals surface area contributed by atoms with Crippen LogP contribution in [0.15, 0.2) is 42.7 Å². The summed E-state index contributed by atoms with van der Waals surface area (Å²) in [6.07, 6.45) is -11.8. The number of aliphatic hydroxyl groups excluding tert-OH is 3. The van der Waals surface area contributed by atoms with Gasteiger partial charge >= 0.3 is 27.0 Å². The van der Waals surface area contributed by atoms with Crippen molar-refractivity contribution in [2.24, 2.45) is 0 Å². The fraction of sp³-hybridized carbons (Fsp3) is 0.567. The minimum atomic E-state index is -5.30. The van der Waals surface area contributed by atoms with Crippen LogP contribution in [0.5, 0.6) is 0 Å². The third kappa shape index (κ3) is 8.93. The molecule has 3 saturated heterocycles. The number of hydrogen-bond acceptors (Lipinski definition) is 20. The molecule has 0 saturated carbocycles. The van der Waals surface area contributed by atoms with Gasteiger partial charge in [-0.05, 0) is 13.8 Å². The van der Waals surface area contributed by atoms with Crippen molar-refractivity contribution in [3.63, 3.8) is 0 Å². The van der Waals surface area contributed by atoms with Crippen molar-refractivity contribution in [1.29, 1.82) is 0 Å². The maximum atomic E-state index is 13.4. The lowest BCUT2D eigenvalue weighted by Crippen LogP contribution is -2.36. The number of rotatable bonds is 14. The zero-order valence-corrected chi connectivity index (χ0v) is 33.0. The van der Waals surface area contributed by atoms with E-state index in [-0.39, 0.29) is 41.1 Å². The van der Waals surface area contributed by atoms with E-state index >= 15 is 0 Å². The second-order valence-electron chi connectivity index (χ2n) is 14.0. The van der Waals surface area contributed by atoms with E-state index in [4.69, 9.17) is 38.0 Å². The van der Waals surface area contributed by atoms with Crippen LogP contribution in [-0.2, 0) is 41.4 Å². The predicted octanol–water partition coefficient (Wildman–Crippen LogP) is -3.39. The molecule has 3 aliphatic rings. The number of nitrogen functional groups attached to an aromatic ring is 1. The number of aliphatic hydroxyl groups is 3. The van der Waals surface area contributed by atoms with Gasteiger partial charge in [-0.25, -0.2) is 23.7 Å². The van der Waals surface area contributed by atoms with E-state index in [1.807, 2.05) is 0 Å². The van der Waals surface area contributed by atoms with Crippen LogP contribution in [0.1, 0.15) is 42.7 Å². The van der Waals surface area contributed by atoms with Crippen LogP contribution in [0, 0.1) is 13.8 Å². The summed E-state index contributed by atoms with van der Waals surface area (Å²) in [4.78, 5) is 96.9. The zero-order chi connectivity index (χ0) is 43.4. The van der Waals surface area contributed by atoms with Gasteiger partial charge in [0.2, 0.25) is 5.95 Å². The van der Waals surface area contributed by atoms with E-state index in [2.05, 4.69) is 24.9 Å². The van der Waals surface area contributed by atoms with Crippen LogP contribution < -0.4 is 33.8 Å². The fourth-order valence-electron chi connectivity index (χ4n) is 6.85. The lowest BCUT2D eigenvalue weighted by Gasteiger charge is -2.25. The Morgan fingerprint density at radius 2 is 1.37 bits per heavy atom. The standard InChI is InChI=1S/C30H39N9O19P2/c1-11-5-37(29(46)35-24(11)43)18-3-13(41)16(55-18)8-52-60(50,51)58-22-17(56-27(21(22)42)39-10-32-20-23(39)33-28(31)34-26(20)45)9-53-59(48,49)57-14-4-19(54-15(14)7-40)38-6-12(2)25(44)36-30(38)47/h5-6,10,13-19,21-22,27,40-42H,3-4,7-9H2,1-2H3,(H,48,49)(H,50,51)(H,35,43,46)(H,36,44,47)(H3,31,33,34,45)/t13-,14-,15+,16+,17+,18+,19+,21+,22+,27+/m0/s1. The molecule has 7 rings (SSSR count). The van der Waals surface area contributed by atoms with Gasteiger partial charge in [0.15, 0.2) is 17.4 Å². The number of phosphoric ester groups is 2. The van der Waals surface area contributed by atoms with E-state index < -0.39 is 125 Å². The molecule has 0 radical (unpaired) electrons. The highest BCUT2D eigenvalue weighted by Crippen LogP contribution is 2.52. The van der Waals surface area contributed by atoms with Gasteiger partial charge in [0.1, 0.15) is 49.1 Å². The number of H-pyrrole nitrogens is 3. The predicted molar refractivity (Wildman–Crippen MR) is 196 cm³/mol. The summed E-state index contributed by atoms with van der Waals surface area (Å²) in [6.45, 7) is 0.306. The minimum Gasteiger partial charge on any atom is -0.394 e. The number of aromatic amines is 3. The Morgan fingerprint density at radius 1 is 0.800 bits per heavy atom. The maximum absolute atomic E-state index is 13.4. The van der Waals surface area contributed by atoms with Gasteiger partial charge in [-0.15, -0.1) is 0 Å². The second kappa shape index (κ2) is 16.7. The molecule has 3 aliphatic heterocycles. The quantitative estimate of drug-likeness (QED) is 0.0557. The number of phosphoric acid groups is 2. The Morgan fingerprint density at radius 3 is 1.98 bits per heavy atom. The van der Waals surface area contributed by atoms with E-state index in [9.17, 15) is 58.2 Å². The van der Waals surface area contributed by atoms with Gasteiger partial charge < -0.3 is 45.1 Å². The number of aryl methyl sites for hydroxylation is 2. The molecular weight excluding hydrogens is 852 g/mol.